The molecule has 0 atom stereocenters. The van der Waals surface area contributed by atoms with Crippen molar-refractivity contribution >= 4 is 5.57 Å². The minimum atomic E-state index is 0.876. The zero-order chi connectivity index (χ0) is 18.5. The van der Waals surface area contributed by atoms with Crippen LogP contribution in [0.2, 0.25) is 0 Å². The van der Waals surface area contributed by atoms with Gasteiger partial charge in [0.25, 0.3) is 0 Å². The molecule has 0 radical (unpaired) electrons. The zero-order valence-corrected chi connectivity index (χ0v) is 15.8. The summed E-state index contributed by atoms with van der Waals surface area (Å²) in [6, 6.07) is 28.3. The minimum Gasteiger partial charge on any atom is -0.384 e. The number of aryl methyl sites for hydroxylation is 1. The lowest BCUT2D eigenvalue weighted by Crippen LogP contribution is -2.11. The van der Waals surface area contributed by atoms with Crippen molar-refractivity contribution in [1.82, 2.24) is 5.32 Å². The Morgan fingerprint density at radius 1 is 0.741 bits per heavy atom. The molecule has 1 nitrogen and oxygen atoms in total. The van der Waals surface area contributed by atoms with E-state index in [2.05, 4.69) is 103 Å². The molecule has 0 aromatic heterocycles. The van der Waals surface area contributed by atoms with Crippen molar-refractivity contribution < 1.29 is 0 Å². The van der Waals surface area contributed by atoms with E-state index in [-0.39, 0.29) is 0 Å². The van der Waals surface area contributed by atoms with Gasteiger partial charge in [0, 0.05) is 18.7 Å². The van der Waals surface area contributed by atoms with Gasteiger partial charge in [-0.3, -0.25) is 0 Å². The van der Waals surface area contributed by atoms with Crippen LogP contribution in [0.5, 0.6) is 0 Å². The highest BCUT2D eigenvalue weighted by Crippen LogP contribution is 2.28. The Morgan fingerprint density at radius 3 is 2.30 bits per heavy atom. The highest BCUT2D eigenvalue weighted by atomic mass is 14.9. The summed E-state index contributed by atoms with van der Waals surface area (Å²) in [5.41, 5.74) is 9.37. The van der Waals surface area contributed by atoms with E-state index in [0.29, 0.717) is 0 Å². The standard InChI is InChI=1S/C26H25N/c1-20-7-5-10-22(15-20)16-23-11-6-12-24(17-23)25-13-14-26(18-25)27-19-21-8-3-2-4-9-21/h2-15,17,27H,16,18-19H2,1H3. The van der Waals surface area contributed by atoms with Gasteiger partial charge in [0.2, 0.25) is 0 Å². The lowest BCUT2D eigenvalue weighted by atomic mass is 9.98. The Kier molecular flexibility index (Phi) is 5.20. The zero-order valence-electron chi connectivity index (χ0n) is 15.8. The fraction of sp³-hybridized carbons (Fsp3) is 0.154. The highest BCUT2D eigenvalue weighted by molar-refractivity contribution is 5.72. The Balaban J connectivity index is 1.38. The summed E-state index contributed by atoms with van der Waals surface area (Å²) in [6.45, 7) is 3.03. The maximum Gasteiger partial charge on any atom is 0.0397 e. The number of benzene rings is 3. The average Bonchev–Trinajstić information content (AvgIpc) is 3.17. The normalized spacial score (nSPS) is 13.2. The van der Waals surface area contributed by atoms with Gasteiger partial charge in [-0.15, -0.1) is 0 Å². The number of hydrogen-bond donors (Lipinski definition) is 1. The molecule has 0 saturated carbocycles. The molecule has 4 rings (SSSR count). The smallest absolute Gasteiger partial charge is 0.0397 e. The predicted octanol–water partition coefficient (Wildman–Crippen LogP) is 6.05. The first kappa shape index (κ1) is 17.4. The van der Waals surface area contributed by atoms with E-state index in [9.17, 15) is 0 Å². The van der Waals surface area contributed by atoms with Crippen molar-refractivity contribution in [3.05, 3.63) is 125 Å². The van der Waals surface area contributed by atoms with Gasteiger partial charge >= 0.3 is 0 Å². The lowest BCUT2D eigenvalue weighted by Gasteiger charge is -2.11. The first-order chi connectivity index (χ1) is 13.3. The molecule has 0 spiro atoms. The van der Waals surface area contributed by atoms with Crippen LogP contribution >= 0.6 is 0 Å². The van der Waals surface area contributed by atoms with Crippen molar-refractivity contribution in [3.63, 3.8) is 0 Å². The molecular weight excluding hydrogens is 326 g/mol. The van der Waals surface area contributed by atoms with Gasteiger partial charge in [-0.25, -0.2) is 0 Å². The van der Waals surface area contributed by atoms with Crippen molar-refractivity contribution in [2.45, 2.75) is 26.3 Å². The third kappa shape index (κ3) is 4.57. The maximum atomic E-state index is 3.57. The predicted molar refractivity (Wildman–Crippen MR) is 114 cm³/mol. The first-order valence-corrected chi connectivity index (χ1v) is 9.59. The van der Waals surface area contributed by atoms with Crippen LogP contribution in [-0.4, -0.2) is 0 Å². The second kappa shape index (κ2) is 8.09. The van der Waals surface area contributed by atoms with Crippen LogP contribution in [0.4, 0.5) is 0 Å². The van der Waals surface area contributed by atoms with E-state index in [0.717, 1.165) is 19.4 Å². The molecule has 3 aromatic rings. The van der Waals surface area contributed by atoms with Gasteiger partial charge in [-0.2, -0.15) is 0 Å². The van der Waals surface area contributed by atoms with Gasteiger partial charge in [0.15, 0.2) is 0 Å². The molecule has 0 heterocycles. The van der Waals surface area contributed by atoms with Crippen LogP contribution in [0, 0.1) is 6.92 Å². The van der Waals surface area contributed by atoms with E-state index in [1.165, 1.54) is 39.1 Å². The van der Waals surface area contributed by atoms with Crippen molar-refractivity contribution in [2.24, 2.45) is 0 Å². The topological polar surface area (TPSA) is 12.0 Å². The molecule has 1 aliphatic rings. The third-order valence-electron chi connectivity index (χ3n) is 5.02. The molecule has 27 heavy (non-hydrogen) atoms. The van der Waals surface area contributed by atoms with E-state index >= 15 is 0 Å². The van der Waals surface area contributed by atoms with Gasteiger partial charge < -0.3 is 5.32 Å². The largest absolute Gasteiger partial charge is 0.384 e. The van der Waals surface area contributed by atoms with Crippen LogP contribution in [0.3, 0.4) is 0 Å². The van der Waals surface area contributed by atoms with E-state index in [1.54, 1.807) is 0 Å². The molecule has 0 bridgehead atoms. The summed E-state index contributed by atoms with van der Waals surface area (Å²) in [4.78, 5) is 0. The van der Waals surface area contributed by atoms with Crippen LogP contribution in [0.15, 0.2) is 96.7 Å². The number of rotatable bonds is 6. The van der Waals surface area contributed by atoms with Gasteiger partial charge in [-0.05, 0) is 47.2 Å². The van der Waals surface area contributed by atoms with Crippen molar-refractivity contribution in [2.75, 3.05) is 0 Å². The summed E-state index contributed by atoms with van der Waals surface area (Å²) in [5, 5.41) is 3.57. The van der Waals surface area contributed by atoms with Crippen molar-refractivity contribution in [1.29, 1.82) is 0 Å². The lowest BCUT2D eigenvalue weighted by molar-refractivity contribution is 0.798. The maximum absolute atomic E-state index is 3.57. The second-order valence-corrected chi connectivity index (χ2v) is 7.27. The Morgan fingerprint density at radius 2 is 1.48 bits per heavy atom. The number of nitrogens with one attached hydrogen (secondary N) is 1. The SMILES string of the molecule is Cc1cccc(Cc2cccc(C3=CC=C(NCc4ccccc4)C3)c2)c1. The second-order valence-electron chi connectivity index (χ2n) is 7.27. The molecule has 1 N–H and O–H groups in total. The molecule has 0 amide bonds. The molecule has 0 unspecified atom stereocenters. The quantitative estimate of drug-likeness (QED) is 0.570. The van der Waals surface area contributed by atoms with Crippen LogP contribution < -0.4 is 5.32 Å². The molecule has 1 aliphatic carbocycles. The number of hydrogen-bond acceptors (Lipinski definition) is 1. The van der Waals surface area contributed by atoms with Crippen LogP contribution in [-0.2, 0) is 13.0 Å². The van der Waals surface area contributed by atoms with E-state index in [1.807, 2.05) is 0 Å². The fourth-order valence-electron chi connectivity index (χ4n) is 3.59. The highest BCUT2D eigenvalue weighted by Gasteiger charge is 2.11. The molecular formula is C26H25N. The number of allylic oxidation sites excluding steroid dienone is 3. The molecule has 1 heteroatoms. The Labute approximate surface area is 162 Å². The summed E-state index contributed by atoms with van der Waals surface area (Å²) in [5.74, 6) is 0. The Bertz CT molecular complexity index is 980. The first-order valence-electron chi connectivity index (χ1n) is 9.59. The molecule has 0 aliphatic heterocycles. The summed E-state index contributed by atoms with van der Waals surface area (Å²) >= 11 is 0. The van der Waals surface area contributed by atoms with Gasteiger partial charge in [0.1, 0.15) is 0 Å². The van der Waals surface area contributed by atoms with Gasteiger partial charge in [-0.1, -0.05) is 90.5 Å². The monoisotopic (exact) mass is 351 g/mol. The summed E-state index contributed by atoms with van der Waals surface area (Å²) < 4.78 is 0. The fourth-order valence-corrected chi connectivity index (χ4v) is 3.59. The third-order valence-corrected chi connectivity index (χ3v) is 5.02. The average molecular weight is 351 g/mol. The summed E-state index contributed by atoms with van der Waals surface area (Å²) in [6.07, 6.45) is 6.42. The van der Waals surface area contributed by atoms with Crippen LogP contribution in [0.25, 0.3) is 5.57 Å². The molecule has 3 aromatic carbocycles. The minimum absolute atomic E-state index is 0.876. The van der Waals surface area contributed by atoms with Crippen molar-refractivity contribution in [3.8, 4) is 0 Å². The van der Waals surface area contributed by atoms with E-state index < -0.39 is 0 Å². The van der Waals surface area contributed by atoms with Gasteiger partial charge in [0.05, 0.1) is 0 Å². The Hall–Kier alpha value is -3.06. The molecule has 134 valence electrons. The summed E-state index contributed by atoms with van der Waals surface area (Å²) in [7, 11) is 0. The molecule has 0 saturated heterocycles. The van der Waals surface area contributed by atoms with Crippen LogP contribution in [0.1, 0.15) is 34.2 Å². The van der Waals surface area contributed by atoms with E-state index in [4.69, 9.17) is 0 Å². The molecule has 0 fully saturated rings.